The number of benzene rings is 1. The molecule has 0 spiro atoms. The van der Waals surface area contributed by atoms with Crippen LogP contribution in [-0.4, -0.2) is 33.0 Å². The Morgan fingerprint density at radius 3 is 2.58 bits per heavy atom. The summed E-state index contributed by atoms with van der Waals surface area (Å²) in [6.45, 7) is 1.06. The maximum Gasteiger partial charge on any atom is 0.411 e. The molecule has 1 aromatic carbocycles. The number of nitrogens with one attached hydrogen (secondary N) is 1. The summed E-state index contributed by atoms with van der Waals surface area (Å²) in [5, 5.41) is 3.09. The molecule has 0 saturated heterocycles. The summed E-state index contributed by atoms with van der Waals surface area (Å²) in [5.74, 6) is 0.749. The molecular formula is C13H18F3NO2. The van der Waals surface area contributed by atoms with Crippen LogP contribution < -0.4 is 10.1 Å². The lowest BCUT2D eigenvalue weighted by Gasteiger charge is -2.17. The van der Waals surface area contributed by atoms with Gasteiger partial charge in [0.25, 0.3) is 0 Å². The molecule has 1 rings (SSSR count). The van der Waals surface area contributed by atoms with Crippen molar-refractivity contribution in [3.05, 3.63) is 29.8 Å². The van der Waals surface area contributed by atoms with E-state index in [9.17, 15) is 13.2 Å². The molecule has 0 amide bonds. The van der Waals surface area contributed by atoms with Crippen molar-refractivity contribution in [2.45, 2.75) is 19.1 Å². The second-order valence-corrected chi connectivity index (χ2v) is 4.09. The molecule has 0 heterocycles. The Hall–Kier alpha value is -1.27. The summed E-state index contributed by atoms with van der Waals surface area (Å²) in [4.78, 5) is 0. The van der Waals surface area contributed by atoms with Crippen LogP contribution in [0.1, 0.15) is 18.5 Å². The molecule has 108 valence electrons. The maximum atomic E-state index is 11.8. The van der Waals surface area contributed by atoms with Crippen molar-refractivity contribution >= 4 is 0 Å². The fourth-order valence-corrected chi connectivity index (χ4v) is 1.67. The number of hydrogen-bond donors (Lipinski definition) is 1. The zero-order valence-electron chi connectivity index (χ0n) is 11.0. The van der Waals surface area contributed by atoms with Crippen molar-refractivity contribution in [3.63, 3.8) is 0 Å². The lowest BCUT2D eigenvalue weighted by Crippen LogP contribution is -2.26. The van der Waals surface area contributed by atoms with E-state index in [2.05, 4.69) is 10.1 Å². The molecule has 0 saturated carbocycles. The van der Waals surface area contributed by atoms with Gasteiger partial charge in [-0.15, -0.1) is 0 Å². The normalized spacial score (nSPS) is 13.3. The summed E-state index contributed by atoms with van der Waals surface area (Å²) in [6, 6.07) is 7.48. The number of hydrogen-bond acceptors (Lipinski definition) is 3. The third-order valence-electron chi connectivity index (χ3n) is 2.57. The molecule has 0 unspecified atom stereocenters. The first-order valence-corrected chi connectivity index (χ1v) is 5.95. The van der Waals surface area contributed by atoms with Crippen molar-refractivity contribution in [3.8, 4) is 5.75 Å². The van der Waals surface area contributed by atoms with Gasteiger partial charge in [-0.25, -0.2) is 0 Å². The molecule has 0 bridgehead atoms. The monoisotopic (exact) mass is 277 g/mol. The second-order valence-electron chi connectivity index (χ2n) is 4.09. The van der Waals surface area contributed by atoms with Gasteiger partial charge < -0.3 is 14.8 Å². The van der Waals surface area contributed by atoms with Crippen molar-refractivity contribution in [1.82, 2.24) is 5.32 Å². The Balaban J connectivity index is 2.33. The zero-order valence-corrected chi connectivity index (χ0v) is 11.0. The average Bonchev–Trinajstić information content (AvgIpc) is 2.36. The van der Waals surface area contributed by atoms with Crippen LogP contribution in [0.3, 0.4) is 0 Å². The van der Waals surface area contributed by atoms with Crippen LogP contribution in [0.5, 0.6) is 5.75 Å². The quantitative estimate of drug-likeness (QED) is 0.777. The van der Waals surface area contributed by atoms with Crippen LogP contribution in [0.25, 0.3) is 0 Å². The molecule has 0 aliphatic heterocycles. The van der Waals surface area contributed by atoms with E-state index >= 15 is 0 Å². The third-order valence-corrected chi connectivity index (χ3v) is 2.57. The Morgan fingerprint density at radius 1 is 1.26 bits per heavy atom. The van der Waals surface area contributed by atoms with Gasteiger partial charge in [-0.3, -0.25) is 0 Å². The van der Waals surface area contributed by atoms with Crippen LogP contribution in [0, 0.1) is 0 Å². The number of rotatable bonds is 7. The first kappa shape index (κ1) is 15.8. The molecular weight excluding hydrogens is 259 g/mol. The van der Waals surface area contributed by atoms with Gasteiger partial charge in [0.15, 0.2) is 0 Å². The fraction of sp³-hybridized carbons (Fsp3) is 0.538. The summed E-state index contributed by atoms with van der Waals surface area (Å²) in [5.41, 5.74) is 0.959. The van der Waals surface area contributed by atoms with Gasteiger partial charge in [-0.2, -0.15) is 13.2 Å². The van der Waals surface area contributed by atoms with Gasteiger partial charge in [0.05, 0.1) is 13.7 Å². The van der Waals surface area contributed by atoms with E-state index in [0.29, 0.717) is 6.54 Å². The summed E-state index contributed by atoms with van der Waals surface area (Å²) < 4.78 is 45.3. The van der Waals surface area contributed by atoms with E-state index in [1.807, 2.05) is 31.2 Å². The van der Waals surface area contributed by atoms with Crippen molar-refractivity contribution in [2.24, 2.45) is 0 Å². The van der Waals surface area contributed by atoms with E-state index in [0.717, 1.165) is 11.3 Å². The highest BCUT2D eigenvalue weighted by Crippen LogP contribution is 2.24. The molecule has 0 aromatic heterocycles. The Labute approximate surface area is 110 Å². The SMILES string of the molecule is COc1ccccc1[C@@H](C)NCCOCC(F)(F)F. The molecule has 6 heteroatoms. The molecule has 0 aliphatic rings. The van der Waals surface area contributed by atoms with E-state index in [1.165, 1.54) is 0 Å². The standard InChI is InChI=1S/C13H18F3NO2/c1-10(11-5-3-4-6-12(11)18-2)17-7-8-19-9-13(14,15)16/h3-6,10,17H,7-9H2,1-2H3/t10-/m1/s1. The minimum atomic E-state index is -4.27. The van der Waals surface area contributed by atoms with Gasteiger partial charge in [-0.05, 0) is 13.0 Å². The number of halogens is 3. The number of alkyl halides is 3. The Morgan fingerprint density at radius 2 is 1.95 bits per heavy atom. The smallest absolute Gasteiger partial charge is 0.411 e. The molecule has 1 N–H and O–H groups in total. The maximum absolute atomic E-state index is 11.8. The van der Waals surface area contributed by atoms with Crippen LogP contribution in [0.15, 0.2) is 24.3 Å². The number of para-hydroxylation sites is 1. The van der Waals surface area contributed by atoms with E-state index in [4.69, 9.17) is 4.74 Å². The number of ether oxygens (including phenoxy) is 2. The largest absolute Gasteiger partial charge is 0.496 e. The lowest BCUT2D eigenvalue weighted by molar-refractivity contribution is -0.173. The van der Waals surface area contributed by atoms with Crippen molar-refractivity contribution < 1.29 is 22.6 Å². The first-order chi connectivity index (χ1) is 8.94. The molecule has 0 aliphatic carbocycles. The topological polar surface area (TPSA) is 30.5 Å². The van der Waals surface area contributed by atoms with Crippen molar-refractivity contribution in [1.29, 1.82) is 0 Å². The van der Waals surface area contributed by atoms with E-state index < -0.39 is 12.8 Å². The molecule has 0 fully saturated rings. The lowest BCUT2D eigenvalue weighted by atomic mass is 10.1. The van der Waals surface area contributed by atoms with Gasteiger partial charge in [0.2, 0.25) is 0 Å². The molecule has 3 nitrogen and oxygen atoms in total. The minimum absolute atomic E-state index is 0.0129. The Bertz CT molecular complexity index is 382. The highest BCUT2D eigenvalue weighted by atomic mass is 19.4. The third kappa shape index (κ3) is 5.94. The highest BCUT2D eigenvalue weighted by Gasteiger charge is 2.27. The van der Waals surface area contributed by atoms with Gasteiger partial charge in [0, 0.05) is 18.2 Å². The van der Waals surface area contributed by atoms with Gasteiger partial charge in [0.1, 0.15) is 12.4 Å². The predicted molar refractivity (Wildman–Crippen MR) is 66.3 cm³/mol. The molecule has 1 atom stereocenters. The fourth-order valence-electron chi connectivity index (χ4n) is 1.67. The van der Waals surface area contributed by atoms with Gasteiger partial charge in [-0.1, -0.05) is 18.2 Å². The predicted octanol–water partition coefficient (Wildman–Crippen LogP) is 2.92. The minimum Gasteiger partial charge on any atom is -0.496 e. The average molecular weight is 277 g/mol. The van der Waals surface area contributed by atoms with Crippen LogP contribution in [0.4, 0.5) is 13.2 Å². The molecule has 0 radical (unpaired) electrons. The van der Waals surface area contributed by atoms with Crippen LogP contribution in [-0.2, 0) is 4.74 Å². The molecule has 1 aromatic rings. The van der Waals surface area contributed by atoms with Crippen molar-refractivity contribution in [2.75, 3.05) is 26.9 Å². The zero-order chi connectivity index (χ0) is 14.3. The van der Waals surface area contributed by atoms with E-state index in [1.54, 1.807) is 7.11 Å². The van der Waals surface area contributed by atoms with E-state index in [-0.39, 0.29) is 12.6 Å². The second kappa shape index (κ2) is 7.35. The molecule has 19 heavy (non-hydrogen) atoms. The van der Waals surface area contributed by atoms with Crippen LogP contribution in [0.2, 0.25) is 0 Å². The summed E-state index contributed by atoms with van der Waals surface area (Å²) in [6.07, 6.45) is -4.27. The van der Waals surface area contributed by atoms with Crippen LogP contribution >= 0.6 is 0 Å². The number of methoxy groups -OCH3 is 1. The van der Waals surface area contributed by atoms with Gasteiger partial charge >= 0.3 is 6.18 Å². The Kier molecular flexibility index (Phi) is 6.11. The summed E-state index contributed by atoms with van der Waals surface area (Å²) in [7, 11) is 1.58. The first-order valence-electron chi connectivity index (χ1n) is 5.95. The summed E-state index contributed by atoms with van der Waals surface area (Å²) >= 11 is 0. The highest BCUT2D eigenvalue weighted by molar-refractivity contribution is 5.35.